The summed E-state index contributed by atoms with van der Waals surface area (Å²) in [6, 6.07) is 29.1. The van der Waals surface area contributed by atoms with E-state index < -0.39 is 0 Å². The molecule has 4 rings (SSSR count). The molecule has 33 heavy (non-hydrogen) atoms. The SMILES string of the molecule is Clc1ccccc1C(=NN(CCCc1ccccc1)CCCc1ccccc1)n1ccnc1. The fourth-order valence-corrected chi connectivity index (χ4v) is 4.06. The third kappa shape index (κ3) is 6.80. The first kappa shape index (κ1) is 22.8. The summed E-state index contributed by atoms with van der Waals surface area (Å²) >= 11 is 6.56. The second-order valence-corrected chi connectivity index (χ2v) is 8.41. The minimum atomic E-state index is 0.679. The molecule has 1 heterocycles. The van der Waals surface area contributed by atoms with Gasteiger partial charge < -0.3 is 0 Å². The van der Waals surface area contributed by atoms with Gasteiger partial charge in [-0.15, -0.1) is 0 Å². The minimum absolute atomic E-state index is 0.679. The van der Waals surface area contributed by atoms with Crippen LogP contribution in [0.3, 0.4) is 0 Å². The Balaban J connectivity index is 1.53. The molecule has 4 nitrogen and oxygen atoms in total. The molecule has 0 atom stereocenters. The molecule has 0 aliphatic rings. The van der Waals surface area contributed by atoms with Crippen molar-refractivity contribution in [3.63, 3.8) is 0 Å². The molecule has 0 aliphatic heterocycles. The highest BCUT2D eigenvalue weighted by Crippen LogP contribution is 2.18. The van der Waals surface area contributed by atoms with Crippen LogP contribution in [0.15, 0.2) is 109 Å². The third-order valence-corrected chi connectivity index (χ3v) is 5.88. The number of benzene rings is 3. The van der Waals surface area contributed by atoms with E-state index in [1.807, 2.05) is 35.0 Å². The molecule has 0 bridgehead atoms. The maximum atomic E-state index is 6.56. The van der Waals surface area contributed by atoms with Gasteiger partial charge in [0.1, 0.15) is 6.33 Å². The van der Waals surface area contributed by atoms with Crippen LogP contribution >= 0.6 is 11.6 Å². The van der Waals surface area contributed by atoms with Crippen molar-refractivity contribution in [2.24, 2.45) is 5.10 Å². The number of rotatable bonds is 10. The van der Waals surface area contributed by atoms with E-state index in [9.17, 15) is 0 Å². The van der Waals surface area contributed by atoms with Crippen molar-refractivity contribution in [3.05, 3.63) is 125 Å². The Morgan fingerprint density at radius 3 is 1.91 bits per heavy atom. The summed E-state index contributed by atoms with van der Waals surface area (Å²) in [7, 11) is 0. The fraction of sp³-hybridized carbons (Fsp3) is 0.214. The van der Waals surface area contributed by atoms with Crippen LogP contribution in [0.1, 0.15) is 29.5 Å². The van der Waals surface area contributed by atoms with Gasteiger partial charge in [0.25, 0.3) is 0 Å². The van der Waals surface area contributed by atoms with Gasteiger partial charge in [0.05, 0.1) is 5.02 Å². The van der Waals surface area contributed by atoms with Crippen LogP contribution in [0.2, 0.25) is 5.02 Å². The van der Waals surface area contributed by atoms with Crippen molar-refractivity contribution in [2.75, 3.05) is 13.1 Å². The standard InChI is InChI=1S/C28H29ClN4/c29-27-18-8-7-17-26(27)28(32-22-19-30-23-32)31-33(20-9-15-24-11-3-1-4-12-24)21-10-16-25-13-5-2-6-14-25/h1-8,11-14,17-19,22-23H,9-10,15-16,20-21H2. The Kier molecular flexibility index (Phi) is 8.31. The van der Waals surface area contributed by atoms with E-state index in [0.29, 0.717) is 5.02 Å². The summed E-state index contributed by atoms with van der Waals surface area (Å²) in [4.78, 5) is 4.23. The van der Waals surface area contributed by atoms with E-state index >= 15 is 0 Å². The van der Waals surface area contributed by atoms with E-state index in [4.69, 9.17) is 16.7 Å². The molecular weight excluding hydrogens is 428 g/mol. The maximum Gasteiger partial charge on any atom is 0.166 e. The van der Waals surface area contributed by atoms with Gasteiger partial charge in [0.2, 0.25) is 0 Å². The van der Waals surface area contributed by atoms with Gasteiger partial charge in [-0.1, -0.05) is 84.4 Å². The molecule has 0 amide bonds. The first-order valence-corrected chi connectivity index (χ1v) is 11.8. The average Bonchev–Trinajstić information content (AvgIpc) is 3.39. The number of nitrogens with zero attached hydrogens (tertiary/aromatic N) is 4. The quantitative estimate of drug-likeness (QED) is 0.159. The number of imidazole rings is 1. The molecule has 1 aromatic heterocycles. The lowest BCUT2D eigenvalue weighted by molar-refractivity contribution is 0.280. The van der Waals surface area contributed by atoms with Crippen LogP contribution in [0.5, 0.6) is 0 Å². The Labute approximate surface area is 201 Å². The van der Waals surface area contributed by atoms with E-state index in [-0.39, 0.29) is 0 Å². The topological polar surface area (TPSA) is 33.4 Å². The molecular formula is C28H29ClN4. The van der Waals surface area contributed by atoms with Crippen LogP contribution in [0, 0.1) is 0 Å². The zero-order chi connectivity index (χ0) is 22.7. The second kappa shape index (κ2) is 12.0. The van der Waals surface area contributed by atoms with Crippen LogP contribution in [-0.4, -0.2) is 33.5 Å². The van der Waals surface area contributed by atoms with Crippen LogP contribution < -0.4 is 0 Å². The van der Waals surface area contributed by atoms with Gasteiger partial charge in [-0.05, 0) is 48.9 Å². The highest BCUT2D eigenvalue weighted by Gasteiger charge is 2.13. The lowest BCUT2D eigenvalue weighted by atomic mass is 10.1. The molecule has 0 unspecified atom stereocenters. The number of aromatic nitrogens is 2. The van der Waals surface area contributed by atoms with Gasteiger partial charge in [-0.25, -0.2) is 4.98 Å². The van der Waals surface area contributed by atoms with Crippen molar-refractivity contribution in [1.82, 2.24) is 14.6 Å². The number of hydrogen-bond acceptors (Lipinski definition) is 3. The molecule has 0 aliphatic carbocycles. The van der Waals surface area contributed by atoms with E-state index in [2.05, 4.69) is 70.7 Å². The molecule has 0 N–H and O–H groups in total. The molecule has 0 radical (unpaired) electrons. The molecule has 0 spiro atoms. The third-order valence-electron chi connectivity index (χ3n) is 5.55. The summed E-state index contributed by atoms with van der Waals surface area (Å²) in [6.45, 7) is 1.73. The molecule has 4 aromatic rings. The second-order valence-electron chi connectivity index (χ2n) is 8.01. The molecule has 0 saturated heterocycles. The van der Waals surface area contributed by atoms with Crippen molar-refractivity contribution >= 4 is 17.4 Å². The summed E-state index contributed by atoms with van der Waals surface area (Å²) in [6.07, 6.45) is 9.55. The van der Waals surface area contributed by atoms with Crippen LogP contribution in [0.4, 0.5) is 0 Å². The fourth-order valence-electron chi connectivity index (χ4n) is 3.84. The van der Waals surface area contributed by atoms with E-state index in [1.165, 1.54) is 11.1 Å². The lowest BCUT2D eigenvalue weighted by Gasteiger charge is -2.22. The van der Waals surface area contributed by atoms with Gasteiger partial charge >= 0.3 is 0 Å². The highest BCUT2D eigenvalue weighted by atomic mass is 35.5. The van der Waals surface area contributed by atoms with E-state index in [0.717, 1.165) is 50.2 Å². The maximum absolute atomic E-state index is 6.56. The number of hydrazone groups is 1. The first-order chi connectivity index (χ1) is 16.3. The van der Waals surface area contributed by atoms with Crippen molar-refractivity contribution in [1.29, 1.82) is 0 Å². The Morgan fingerprint density at radius 1 is 0.788 bits per heavy atom. The van der Waals surface area contributed by atoms with Gasteiger partial charge in [-0.2, -0.15) is 5.10 Å². The lowest BCUT2D eigenvalue weighted by Crippen LogP contribution is -2.26. The molecule has 0 saturated carbocycles. The summed E-state index contributed by atoms with van der Waals surface area (Å²) in [5, 5.41) is 7.96. The van der Waals surface area contributed by atoms with Gasteiger partial charge in [-0.3, -0.25) is 9.58 Å². The van der Waals surface area contributed by atoms with Crippen molar-refractivity contribution in [3.8, 4) is 0 Å². The number of halogens is 1. The largest absolute Gasteiger partial charge is 0.295 e. The number of aryl methyl sites for hydroxylation is 2. The predicted octanol–water partition coefficient (Wildman–Crippen LogP) is 6.31. The van der Waals surface area contributed by atoms with Gasteiger partial charge in [0, 0.05) is 31.0 Å². The monoisotopic (exact) mass is 456 g/mol. The van der Waals surface area contributed by atoms with E-state index in [1.54, 1.807) is 12.5 Å². The zero-order valence-electron chi connectivity index (χ0n) is 18.7. The average molecular weight is 457 g/mol. The van der Waals surface area contributed by atoms with Gasteiger partial charge in [0.15, 0.2) is 5.84 Å². The Morgan fingerprint density at radius 2 is 1.36 bits per heavy atom. The summed E-state index contributed by atoms with van der Waals surface area (Å²) < 4.78 is 1.93. The molecule has 0 fully saturated rings. The Hall–Kier alpha value is -3.37. The highest BCUT2D eigenvalue weighted by molar-refractivity contribution is 6.34. The number of hydrogen-bond donors (Lipinski definition) is 0. The molecule has 5 heteroatoms. The first-order valence-electron chi connectivity index (χ1n) is 11.4. The summed E-state index contributed by atoms with van der Waals surface area (Å²) in [5.74, 6) is 0.789. The molecule has 168 valence electrons. The van der Waals surface area contributed by atoms with Crippen LogP contribution in [-0.2, 0) is 12.8 Å². The predicted molar refractivity (Wildman–Crippen MR) is 137 cm³/mol. The smallest absolute Gasteiger partial charge is 0.166 e. The normalized spacial score (nSPS) is 11.5. The molecule has 3 aromatic carbocycles. The van der Waals surface area contributed by atoms with Crippen molar-refractivity contribution in [2.45, 2.75) is 25.7 Å². The zero-order valence-corrected chi connectivity index (χ0v) is 19.5. The minimum Gasteiger partial charge on any atom is -0.295 e. The van der Waals surface area contributed by atoms with Crippen LogP contribution in [0.25, 0.3) is 0 Å². The Bertz CT molecular complexity index is 1080. The summed E-state index contributed by atoms with van der Waals surface area (Å²) in [5.41, 5.74) is 3.60. The van der Waals surface area contributed by atoms with Crippen molar-refractivity contribution < 1.29 is 0 Å².